The van der Waals surface area contributed by atoms with E-state index in [-0.39, 0.29) is 0 Å². The van der Waals surface area contributed by atoms with E-state index in [1.165, 1.54) is 6.21 Å². The van der Waals surface area contributed by atoms with Gasteiger partial charge in [0.15, 0.2) is 5.70 Å². The Balaban J connectivity index is 2.77. The van der Waals surface area contributed by atoms with Gasteiger partial charge in [0.2, 0.25) is 0 Å². The molecule has 0 aromatic rings. The molecule has 0 aromatic carbocycles. The van der Waals surface area contributed by atoms with E-state index in [1.807, 2.05) is 6.92 Å². The Morgan fingerprint density at radius 3 is 2.46 bits per heavy atom. The van der Waals surface area contributed by atoms with E-state index in [2.05, 4.69) is 10.3 Å². The lowest BCUT2D eigenvalue weighted by Gasteiger charge is -2.28. The summed E-state index contributed by atoms with van der Waals surface area (Å²) in [5.74, 6) is 0. The van der Waals surface area contributed by atoms with E-state index < -0.39 is 17.4 Å². The van der Waals surface area contributed by atoms with Crippen LogP contribution in [-0.2, 0) is 0 Å². The molecule has 0 amide bonds. The zero-order chi connectivity index (χ0) is 10.1. The highest BCUT2D eigenvalue weighted by atomic mass is 19.4. The van der Waals surface area contributed by atoms with Gasteiger partial charge in [0.25, 0.3) is 0 Å². The Labute approximate surface area is 74.5 Å². The molecular weight excluding hydrogens is 181 g/mol. The van der Waals surface area contributed by atoms with E-state index in [0.717, 1.165) is 6.20 Å². The molecule has 5 heteroatoms. The van der Waals surface area contributed by atoms with Crippen LogP contribution in [0.25, 0.3) is 0 Å². The van der Waals surface area contributed by atoms with Gasteiger partial charge in [-0.25, -0.2) is 0 Å². The van der Waals surface area contributed by atoms with Crippen molar-refractivity contribution < 1.29 is 13.2 Å². The molecule has 1 aliphatic heterocycles. The predicted octanol–water partition coefficient (Wildman–Crippen LogP) is 2.23. The van der Waals surface area contributed by atoms with Crippen molar-refractivity contribution in [1.29, 1.82) is 0 Å². The smallest absolute Gasteiger partial charge is 0.379 e. The summed E-state index contributed by atoms with van der Waals surface area (Å²) in [4.78, 5) is 3.37. The summed E-state index contributed by atoms with van der Waals surface area (Å²) in [6.07, 6.45) is -1.45. The summed E-state index contributed by atoms with van der Waals surface area (Å²) >= 11 is 0. The molecule has 0 aliphatic carbocycles. The van der Waals surface area contributed by atoms with Crippen LogP contribution in [0.4, 0.5) is 13.2 Å². The molecule has 0 saturated heterocycles. The first kappa shape index (κ1) is 10.1. The molecule has 1 atom stereocenters. The predicted molar refractivity (Wildman–Crippen MR) is 44.5 cm³/mol. The van der Waals surface area contributed by atoms with Gasteiger partial charge in [-0.05, 0) is 13.3 Å². The molecule has 2 nitrogen and oxygen atoms in total. The summed E-state index contributed by atoms with van der Waals surface area (Å²) in [5, 5.41) is 2.67. The second kappa shape index (κ2) is 3.05. The van der Waals surface area contributed by atoms with Gasteiger partial charge in [0.1, 0.15) is 0 Å². The SMILES string of the molecule is CCC1(C)C=NC(C(F)(F)F)=CN1. The number of aliphatic imine (C=N–C) groups is 1. The van der Waals surface area contributed by atoms with Crippen LogP contribution in [-0.4, -0.2) is 17.9 Å². The number of hydrogen-bond donors (Lipinski definition) is 1. The Hall–Kier alpha value is -1.00. The standard InChI is InChI=1S/C8H11F3N2/c1-3-7(2)5-12-6(4-13-7)8(9,10)11/h4-5,13H,3H2,1-2H3. The van der Waals surface area contributed by atoms with Gasteiger partial charge in [0.05, 0.1) is 5.54 Å². The molecule has 0 spiro atoms. The Morgan fingerprint density at radius 1 is 1.54 bits per heavy atom. The van der Waals surface area contributed by atoms with Gasteiger partial charge < -0.3 is 5.32 Å². The molecular formula is C8H11F3N2. The summed E-state index contributed by atoms with van der Waals surface area (Å²) in [6.45, 7) is 3.67. The number of allylic oxidation sites excluding steroid dienone is 1. The second-order valence-electron chi connectivity index (χ2n) is 3.20. The molecule has 0 aromatic heterocycles. The number of alkyl halides is 3. The first-order valence-electron chi connectivity index (χ1n) is 3.98. The largest absolute Gasteiger partial charge is 0.434 e. The maximum atomic E-state index is 12.1. The van der Waals surface area contributed by atoms with Crippen LogP contribution in [0.5, 0.6) is 0 Å². The minimum Gasteiger partial charge on any atom is -0.379 e. The highest BCUT2D eigenvalue weighted by Gasteiger charge is 2.36. The van der Waals surface area contributed by atoms with E-state index in [0.29, 0.717) is 6.42 Å². The molecule has 1 N–H and O–H groups in total. The van der Waals surface area contributed by atoms with Crippen LogP contribution in [0.2, 0.25) is 0 Å². The number of hydrogen-bond acceptors (Lipinski definition) is 2. The molecule has 0 radical (unpaired) electrons. The van der Waals surface area contributed by atoms with Gasteiger partial charge in [-0.15, -0.1) is 0 Å². The third kappa shape index (κ3) is 2.23. The van der Waals surface area contributed by atoms with Crippen molar-refractivity contribution in [3.63, 3.8) is 0 Å². The number of nitrogens with one attached hydrogen (secondary N) is 1. The van der Waals surface area contributed by atoms with Gasteiger partial charge in [-0.2, -0.15) is 13.2 Å². The summed E-state index contributed by atoms with van der Waals surface area (Å²) < 4.78 is 36.2. The fourth-order valence-electron chi connectivity index (χ4n) is 0.868. The van der Waals surface area contributed by atoms with Crippen LogP contribution in [0, 0.1) is 0 Å². The zero-order valence-electron chi connectivity index (χ0n) is 7.44. The van der Waals surface area contributed by atoms with E-state index in [9.17, 15) is 13.2 Å². The summed E-state index contributed by atoms with van der Waals surface area (Å²) in [5.41, 5.74) is -1.33. The van der Waals surface area contributed by atoms with Gasteiger partial charge in [-0.1, -0.05) is 6.92 Å². The average molecular weight is 192 g/mol. The fraction of sp³-hybridized carbons (Fsp3) is 0.625. The second-order valence-corrected chi connectivity index (χ2v) is 3.20. The maximum absolute atomic E-state index is 12.1. The summed E-state index contributed by atoms with van der Waals surface area (Å²) in [6, 6.07) is 0. The highest BCUT2D eigenvalue weighted by Crippen LogP contribution is 2.28. The number of nitrogens with zero attached hydrogens (tertiary/aromatic N) is 1. The summed E-state index contributed by atoms with van der Waals surface area (Å²) in [7, 11) is 0. The minimum atomic E-state index is -4.36. The Bertz CT molecular complexity index is 255. The van der Waals surface area contributed by atoms with Crippen molar-refractivity contribution in [3.05, 3.63) is 11.9 Å². The molecule has 74 valence electrons. The van der Waals surface area contributed by atoms with Crippen LogP contribution in [0.3, 0.4) is 0 Å². The molecule has 0 fully saturated rings. The molecule has 0 saturated carbocycles. The van der Waals surface area contributed by atoms with E-state index >= 15 is 0 Å². The van der Waals surface area contributed by atoms with Gasteiger partial charge >= 0.3 is 6.18 Å². The molecule has 1 unspecified atom stereocenters. The normalized spacial score (nSPS) is 28.2. The van der Waals surface area contributed by atoms with Crippen molar-refractivity contribution in [2.75, 3.05) is 0 Å². The monoisotopic (exact) mass is 192 g/mol. The van der Waals surface area contributed by atoms with E-state index in [1.54, 1.807) is 6.92 Å². The minimum absolute atomic E-state index is 0.450. The average Bonchev–Trinajstić information content (AvgIpc) is 2.04. The highest BCUT2D eigenvalue weighted by molar-refractivity contribution is 5.72. The number of rotatable bonds is 1. The van der Waals surface area contributed by atoms with Crippen LogP contribution in [0.1, 0.15) is 20.3 Å². The van der Waals surface area contributed by atoms with Crippen molar-refractivity contribution in [3.8, 4) is 0 Å². The lowest BCUT2D eigenvalue weighted by Crippen LogP contribution is -2.43. The quantitative estimate of drug-likeness (QED) is 0.676. The lowest BCUT2D eigenvalue weighted by molar-refractivity contribution is -0.0930. The fourth-order valence-corrected chi connectivity index (χ4v) is 0.868. The molecule has 1 heterocycles. The first-order chi connectivity index (χ1) is 5.87. The first-order valence-corrected chi connectivity index (χ1v) is 3.98. The molecule has 1 rings (SSSR count). The van der Waals surface area contributed by atoms with Crippen LogP contribution < -0.4 is 5.32 Å². The van der Waals surface area contributed by atoms with Crippen LogP contribution >= 0.6 is 0 Å². The van der Waals surface area contributed by atoms with Gasteiger partial charge in [0, 0.05) is 12.4 Å². The topological polar surface area (TPSA) is 24.4 Å². The maximum Gasteiger partial charge on any atom is 0.434 e. The number of halogens is 3. The molecule has 13 heavy (non-hydrogen) atoms. The van der Waals surface area contributed by atoms with Crippen LogP contribution in [0.15, 0.2) is 16.9 Å². The van der Waals surface area contributed by atoms with Gasteiger partial charge in [-0.3, -0.25) is 4.99 Å². The third-order valence-corrected chi connectivity index (χ3v) is 2.05. The Kier molecular flexibility index (Phi) is 2.36. The van der Waals surface area contributed by atoms with Crippen molar-refractivity contribution >= 4 is 6.21 Å². The van der Waals surface area contributed by atoms with Crippen molar-refractivity contribution in [2.24, 2.45) is 4.99 Å². The van der Waals surface area contributed by atoms with Crippen molar-refractivity contribution in [2.45, 2.75) is 32.0 Å². The molecule has 1 aliphatic rings. The lowest BCUT2D eigenvalue weighted by atomic mass is 10.00. The Morgan fingerprint density at radius 2 is 2.15 bits per heavy atom. The third-order valence-electron chi connectivity index (χ3n) is 2.05. The van der Waals surface area contributed by atoms with Crippen molar-refractivity contribution in [1.82, 2.24) is 5.32 Å². The van der Waals surface area contributed by atoms with E-state index in [4.69, 9.17) is 0 Å². The zero-order valence-corrected chi connectivity index (χ0v) is 7.44. The molecule has 0 bridgehead atoms.